The quantitative estimate of drug-likeness (QED) is 0.623. The van der Waals surface area contributed by atoms with E-state index in [1.807, 2.05) is 6.92 Å². The van der Waals surface area contributed by atoms with Crippen LogP contribution in [0.25, 0.3) is 0 Å². The molecule has 2 unspecified atom stereocenters. The summed E-state index contributed by atoms with van der Waals surface area (Å²) in [5.74, 6) is -0.216. The minimum atomic E-state index is -0.602. The molecule has 0 saturated carbocycles. The first kappa shape index (κ1) is 16.4. The molecule has 0 aliphatic carbocycles. The number of aliphatic hydroxyl groups excluding tert-OH is 1. The molecule has 0 aliphatic rings. The molecule has 0 heterocycles. The first-order valence-electron chi connectivity index (χ1n) is 6.21. The van der Waals surface area contributed by atoms with Gasteiger partial charge in [-0.3, -0.25) is 14.9 Å². The minimum Gasteiger partial charge on any atom is -0.393 e. The van der Waals surface area contributed by atoms with Crippen LogP contribution in [-0.4, -0.2) is 28.6 Å². The highest BCUT2D eigenvalue weighted by atomic mass is 35.5. The van der Waals surface area contributed by atoms with E-state index in [9.17, 15) is 20.0 Å². The van der Waals surface area contributed by atoms with Crippen LogP contribution in [0.1, 0.15) is 30.6 Å². The Bertz CT molecular complexity index is 505. The highest BCUT2D eigenvalue weighted by Crippen LogP contribution is 2.24. The van der Waals surface area contributed by atoms with Gasteiger partial charge in [0.05, 0.1) is 11.0 Å². The third-order valence-corrected chi connectivity index (χ3v) is 3.06. The van der Waals surface area contributed by atoms with E-state index in [2.05, 4.69) is 5.32 Å². The van der Waals surface area contributed by atoms with Gasteiger partial charge in [-0.15, -0.1) is 0 Å². The second-order valence-electron chi connectivity index (χ2n) is 4.82. The van der Waals surface area contributed by atoms with Crippen LogP contribution in [0.15, 0.2) is 18.2 Å². The average molecular weight is 301 g/mol. The van der Waals surface area contributed by atoms with Gasteiger partial charge in [-0.2, -0.15) is 0 Å². The second kappa shape index (κ2) is 7.21. The molecule has 1 amide bonds. The molecule has 1 rings (SSSR count). The Morgan fingerprint density at radius 3 is 2.65 bits per heavy atom. The van der Waals surface area contributed by atoms with Crippen molar-refractivity contribution in [3.8, 4) is 0 Å². The molecule has 20 heavy (non-hydrogen) atoms. The molecule has 0 fully saturated rings. The summed E-state index contributed by atoms with van der Waals surface area (Å²) >= 11 is 5.75. The van der Waals surface area contributed by atoms with Crippen LogP contribution >= 0.6 is 11.6 Å². The maximum absolute atomic E-state index is 11.9. The van der Waals surface area contributed by atoms with Gasteiger partial charge in [0.15, 0.2) is 0 Å². The fourth-order valence-electron chi connectivity index (χ4n) is 1.83. The Morgan fingerprint density at radius 2 is 2.15 bits per heavy atom. The van der Waals surface area contributed by atoms with Gasteiger partial charge >= 0.3 is 0 Å². The molecule has 0 spiro atoms. The van der Waals surface area contributed by atoms with Crippen LogP contribution in [0.5, 0.6) is 0 Å². The van der Waals surface area contributed by atoms with Gasteiger partial charge in [0.1, 0.15) is 5.02 Å². The van der Waals surface area contributed by atoms with Crippen molar-refractivity contribution in [3.05, 3.63) is 38.9 Å². The molecule has 0 aliphatic heterocycles. The van der Waals surface area contributed by atoms with Crippen LogP contribution in [0.3, 0.4) is 0 Å². The van der Waals surface area contributed by atoms with Crippen molar-refractivity contribution < 1.29 is 14.8 Å². The zero-order valence-corrected chi connectivity index (χ0v) is 12.1. The third-order valence-electron chi connectivity index (χ3n) is 2.76. The maximum atomic E-state index is 11.9. The molecule has 110 valence electrons. The number of hydrogen-bond acceptors (Lipinski definition) is 4. The van der Waals surface area contributed by atoms with E-state index in [1.165, 1.54) is 18.2 Å². The number of rotatable bonds is 6. The number of amides is 1. The summed E-state index contributed by atoms with van der Waals surface area (Å²) < 4.78 is 0. The summed E-state index contributed by atoms with van der Waals surface area (Å²) in [5.41, 5.74) is 0.0375. The van der Waals surface area contributed by atoms with Crippen molar-refractivity contribution in [1.82, 2.24) is 5.32 Å². The van der Waals surface area contributed by atoms with Crippen molar-refractivity contribution in [3.63, 3.8) is 0 Å². The zero-order chi connectivity index (χ0) is 15.3. The van der Waals surface area contributed by atoms with Gasteiger partial charge in [-0.1, -0.05) is 18.5 Å². The summed E-state index contributed by atoms with van der Waals surface area (Å²) in [4.78, 5) is 21.9. The average Bonchev–Trinajstić information content (AvgIpc) is 2.34. The van der Waals surface area contributed by atoms with Crippen molar-refractivity contribution in [2.45, 2.75) is 26.4 Å². The molecule has 0 saturated heterocycles. The van der Waals surface area contributed by atoms with Gasteiger partial charge in [0, 0.05) is 18.2 Å². The largest absolute Gasteiger partial charge is 0.393 e. The van der Waals surface area contributed by atoms with E-state index in [0.717, 1.165) is 0 Å². The van der Waals surface area contributed by atoms with E-state index in [1.54, 1.807) is 6.92 Å². The number of nitro benzene ring substituents is 1. The highest BCUT2D eigenvalue weighted by molar-refractivity contribution is 6.33. The number of nitro groups is 1. The standard InChI is InChI=1S/C13H17ClN2O4/c1-8(5-9(2)17)7-15-13(18)10-3-4-12(16(19)20)11(14)6-10/h3-4,6,8-9,17H,5,7H2,1-2H3,(H,15,18). The number of hydrogen-bond donors (Lipinski definition) is 2. The molecule has 0 radical (unpaired) electrons. The van der Waals surface area contributed by atoms with E-state index in [4.69, 9.17) is 11.6 Å². The predicted molar refractivity (Wildman–Crippen MR) is 75.9 cm³/mol. The Labute approximate surface area is 121 Å². The Morgan fingerprint density at radius 1 is 1.50 bits per heavy atom. The van der Waals surface area contributed by atoms with Crippen LogP contribution in [0.4, 0.5) is 5.69 Å². The third kappa shape index (κ3) is 4.79. The number of halogens is 1. The van der Waals surface area contributed by atoms with E-state index < -0.39 is 11.0 Å². The minimum absolute atomic E-state index is 0.0697. The molecule has 1 aromatic rings. The Hall–Kier alpha value is -1.66. The van der Waals surface area contributed by atoms with E-state index in [-0.39, 0.29) is 28.1 Å². The highest BCUT2D eigenvalue weighted by Gasteiger charge is 2.15. The molecule has 1 aromatic carbocycles. The summed E-state index contributed by atoms with van der Waals surface area (Å²) in [6, 6.07) is 3.84. The van der Waals surface area contributed by atoms with Gasteiger partial charge in [0.25, 0.3) is 11.6 Å². The fourth-order valence-corrected chi connectivity index (χ4v) is 2.08. The van der Waals surface area contributed by atoms with Crippen molar-refractivity contribution in [1.29, 1.82) is 0 Å². The number of nitrogens with one attached hydrogen (secondary N) is 1. The Kier molecular flexibility index (Phi) is 5.91. The lowest BCUT2D eigenvalue weighted by molar-refractivity contribution is -0.384. The first-order valence-corrected chi connectivity index (χ1v) is 6.59. The van der Waals surface area contributed by atoms with Gasteiger partial charge in [0.2, 0.25) is 0 Å². The number of nitrogens with zero attached hydrogens (tertiary/aromatic N) is 1. The fraction of sp³-hybridized carbons (Fsp3) is 0.462. The van der Waals surface area contributed by atoms with Crippen LogP contribution < -0.4 is 5.32 Å². The van der Waals surface area contributed by atoms with Gasteiger partial charge < -0.3 is 10.4 Å². The van der Waals surface area contributed by atoms with Crippen molar-refractivity contribution >= 4 is 23.2 Å². The summed E-state index contributed by atoms with van der Waals surface area (Å²) in [6.07, 6.45) is 0.164. The van der Waals surface area contributed by atoms with Gasteiger partial charge in [-0.05, 0) is 31.4 Å². The summed E-state index contributed by atoms with van der Waals surface area (Å²) in [5, 5.41) is 22.5. The number of aliphatic hydroxyl groups is 1. The molecular formula is C13H17ClN2O4. The molecule has 7 heteroatoms. The summed E-state index contributed by atoms with van der Waals surface area (Å²) in [7, 11) is 0. The van der Waals surface area contributed by atoms with Crippen molar-refractivity contribution in [2.24, 2.45) is 5.92 Å². The Balaban J connectivity index is 2.64. The molecule has 2 atom stereocenters. The smallest absolute Gasteiger partial charge is 0.287 e. The first-order chi connectivity index (χ1) is 9.31. The van der Waals surface area contributed by atoms with Crippen LogP contribution in [0, 0.1) is 16.0 Å². The van der Waals surface area contributed by atoms with E-state index >= 15 is 0 Å². The van der Waals surface area contributed by atoms with E-state index in [0.29, 0.717) is 13.0 Å². The maximum Gasteiger partial charge on any atom is 0.287 e. The van der Waals surface area contributed by atoms with Crippen molar-refractivity contribution in [2.75, 3.05) is 6.54 Å². The lowest BCUT2D eigenvalue weighted by Gasteiger charge is -2.14. The number of benzene rings is 1. The lowest BCUT2D eigenvalue weighted by atomic mass is 10.0. The van der Waals surface area contributed by atoms with Gasteiger partial charge in [-0.25, -0.2) is 0 Å². The SMILES string of the molecule is CC(O)CC(C)CNC(=O)c1ccc([N+](=O)[O-])c(Cl)c1. The predicted octanol–water partition coefficient (Wildman–Crippen LogP) is 2.39. The van der Waals surface area contributed by atoms with Crippen LogP contribution in [0.2, 0.25) is 5.02 Å². The molecule has 0 aromatic heterocycles. The zero-order valence-electron chi connectivity index (χ0n) is 11.3. The lowest BCUT2D eigenvalue weighted by Crippen LogP contribution is -2.29. The number of carbonyl (C=O) groups excluding carboxylic acids is 1. The normalized spacial score (nSPS) is 13.6. The number of carbonyl (C=O) groups is 1. The second-order valence-corrected chi connectivity index (χ2v) is 5.23. The molecule has 2 N–H and O–H groups in total. The summed E-state index contributed by atoms with van der Waals surface area (Å²) in [6.45, 7) is 4.02. The molecule has 0 bridgehead atoms. The molecule has 6 nitrogen and oxygen atoms in total. The molecular weight excluding hydrogens is 284 g/mol. The topological polar surface area (TPSA) is 92.5 Å². The van der Waals surface area contributed by atoms with Crippen LogP contribution in [-0.2, 0) is 0 Å². The monoisotopic (exact) mass is 300 g/mol.